The van der Waals surface area contributed by atoms with E-state index in [1.54, 1.807) is 6.07 Å². The van der Waals surface area contributed by atoms with Gasteiger partial charge in [-0.25, -0.2) is 14.4 Å². The Morgan fingerprint density at radius 3 is 2.68 bits per heavy atom. The number of aryl methyl sites for hydroxylation is 2. The smallest absolute Gasteiger partial charge is 0.136 e. The number of nitrogens with zero attached hydrogens (tertiary/aromatic N) is 2. The van der Waals surface area contributed by atoms with E-state index in [2.05, 4.69) is 22.2 Å². The van der Waals surface area contributed by atoms with Crippen molar-refractivity contribution in [1.82, 2.24) is 9.97 Å². The fraction of sp³-hybridized carbons (Fsp3) is 0.286. The molecule has 0 bridgehead atoms. The molecule has 3 N–H and O–H groups in total. The van der Waals surface area contributed by atoms with Gasteiger partial charge in [-0.15, -0.1) is 0 Å². The summed E-state index contributed by atoms with van der Waals surface area (Å²) >= 11 is 0. The van der Waals surface area contributed by atoms with E-state index < -0.39 is 0 Å². The Morgan fingerprint density at radius 1 is 1.21 bits per heavy atom. The molecule has 0 spiro atoms. The standard InChI is InChI=1S/C14H17FN4/c1-3-4-13-18-12(16)8-14(19-13)17-11-6-9(2)5-10(15)7-11/h5-8H,3-4H2,1-2H3,(H3,16,17,18,19). The summed E-state index contributed by atoms with van der Waals surface area (Å²) in [5, 5.41) is 3.05. The Morgan fingerprint density at radius 2 is 2.00 bits per heavy atom. The van der Waals surface area contributed by atoms with Crippen LogP contribution < -0.4 is 11.1 Å². The van der Waals surface area contributed by atoms with Gasteiger partial charge in [0.2, 0.25) is 0 Å². The quantitative estimate of drug-likeness (QED) is 0.886. The van der Waals surface area contributed by atoms with Crippen molar-refractivity contribution in [3.8, 4) is 0 Å². The van der Waals surface area contributed by atoms with E-state index in [1.807, 2.05) is 13.0 Å². The Hall–Kier alpha value is -2.17. The van der Waals surface area contributed by atoms with Crippen molar-refractivity contribution in [2.75, 3.05) is 11.1 Å². The molecule has 0 amide bonds. The van der Waals surface area contributed by atoms with Gasteiger partial charge in [-0.1, -0.05) is 6.92 Å². The highest BCUT2D eigenvalue weighted by Crippen LogP contribution is 2.19. The van der Waals surface area contributed by atoms with Crippen molar-refractivity contribution in [3.05, 3.63) is 41.5 Å². The van der Waals surface area contributed by atoms with Crippen molar-refractivity contribution < 1.29 is 4.39 Å². The SMILES string of the molecule is CCCc1nc(N)cc(Nc2cc(C)cc(F)c2)n1. The summed E-state index contributed by atoms with van der Waals surface area (Å²) in [7, 11) is 0. The lowest BCUT2D eigenvalue weighted by molar-refractivity contribution is 0.627. The second-order valence-corrected chi connectivity index (χ2v) is 4.49. The molecule has 19 heavy (non-hydrogen) atoms. The van der Waals surface area contributed by atoms with E-state index in [4.69, 9.17) is 5.73 Å². The second-order valence-electron chi connectivity index (χ2n) is 4.49. The van der Waals surface area contributed by atoms with Crippen molar-refractivity contribution in [2.24, 2.45) is 0 Å². The zero-order valence-corrected chi connectivity index (χ0v) is 11.1. The molecule has 1 heterocycles. The number of hydrogen-bond donors (Lipinski definition) is 2. The van der Waals surface area contributed by atoms with Gasteiger partial charge < -0.3 is 11.1 Å². The average Bonchev–Trinajstić information content (AvgIpc) is 2.26. The van der Waals surface area contributed by atoms with E-state index in [9.17, 15) is 4.39 Å². The molecule has 1 aromatic carbocycles. The molecule has 5 heteroatoms. The normalized spacial score (nSPS) is 10.5. The highest BCUT2D eigenvalue weighted by molar-refractivity contribution is 5.59. The van der Waals surface area contributed by atoms with Crippen LogP contribution in [0.4, 0.5) is 21.7 Å². The van der Waals surface area contributed by atoms with Gasteiger partial charge in [0.25, 0.3) is 0 Å². The Kier molecular flexibility index (Phi) is 3.94. The third-order valence-corrected chi connectivity index (χ3v) is 2.58. The van der Waals surface area contributed by atoms with Gasteiger partial charge in [0.15, 0.2) is 0 Å². The first-order valence-corrected chi connectivity index (χ1v) is 6.24. The first kappa shape index (κ1) is 13.3. The van der Waals surface area contributed by atoms with Crippen LogP contribution in [0.2, 0.25) is 0 Å². The zero-order chi connectivity index (χ0) is 13.8. The van der Waals surface area contributed by atoms with Gasteiger partial charge in [-0.3, -0.25) is 0 Å². The van der Waals surface area contributed by atoms with Crippen LogP contribution in [-0.2, 0) is 6.42 Å². The molecule has 0 fully saturated rings. The van der Waals surface area contributed by atoms with Crippen molar-refractivity contribution in [3.63, 3.8) is 0 Å². The maximum atomic E-state index is 13.3. The first-order chi connectivity index (χ1) is 9.06. The molecule has 0 unspecified atom stereocenters. The van der Waals surface area contributed by atoms with Crippen molar-refractivity contribution in [2.45, 2.75) is 26.7 Å². The average molecular weight is 260 g/mol. The number of halogens is 1. The number of nitrogen functional groups attached to an aromatic ring is 1. The minimum absolute atomic E-state index is 0.279. The predicted octanol–water partition coefficient (Wildman–Crippen LogP) is 3.20. The summed E-state index contributed by atoms with van der Waals surface area (Å²) in [6.07, 6.45) is 1.71. The molecule has 0 aliphatic carbocycles. The van der Waals surface area contributed by atoms with E-state index in [0.717, 1.165) is 18.4 Å². The monoisotopic (exact) mass is 260 g/mol. The molecule has 1 aromatic heterocycles. The third-order valence-electron chi connectivity index (χ3n) is 2.58. The Bertz CT molecular complexity index is 563. The summed E-state index contributed by atoms with van der Waals surface area (Å²) in [4.78, 5) is 8.51. The molecule has 2 aromatic rings. The fourth-order valence-corrected chi connectivity index (χ4v) is 1.87. The molecule has 0 atom stereocenters. The number of nitrogens with one attached hydrogen (secondary N) is 1. The molecule has 0 radical (unpaired) electrons. The van der Waals surface area contributed by atoms with Crippen LogP contribution in [0.3, 0.4) is 0 Å². The number of hydrogen-bond acceptors (Lipinski definition) is 4. The molecule has 4 nitrogen and oxygen atoms in total. The Labute approximate surface area is 111 Å². The van der Waals surface area contributed by atoms with Gasteiger partial charge in [-0.2, -0.15) is 0 Å². The maximum absolute atomic E-state index is 13.3. The largest absolute Gasteiger partial charge is 0.384 e. The molecule has 0 saturated carbocycles. The summed E-state index contributed by atoms with van der Waals surface area (Å²) < 4.78 is 13.3. The van der Waals surface area contributed by atoms with E-state index in [1.165, 1.54) is 12.1 Å². The summed E-state index contributed by atoms with van der Waals surface area (Å²) in [5.41, 5.74) is 7.23. The topological polar surface area (TPSA) is 63.8 Å². The summed E-state index contributed by atoms with van der Waals surface area (Å²) in [5.74, 6) is 1.41. The van der Waals surface area contributed by atoms with Gasteiger partial charge in [0, 0.05) is 18.2 Å². The molecule has 2 rings (SSSR count). The number of rotatable bonds is 4. The van der Waals surface area contributed by atoms with Crippen molar-refractivity contribution in [1.29, 1.82) is 0 Å². The molecular formula is C14H17FN4. The van der Waals surface area contributed by atoms with E-state index in [-0.39, 0.29) is 5.82 Å². The van der Waals surface area contributed by atoms with Crippen LogP contribution in [0.1, 0.15) is 24.7 Å². The van der Waals surface area contributed by atoms with Crippen LogP contribution >= 0.6 is 0 Å². The highest BCUT2D eigenvalue weighted by atomic mass is 19.1. The number of nitrogens with two attached hydrogens (primary N) is 1. The van der Waals surface area contributed by atoms with Crippen LogP contribution in [0.25, 0.3) is 0 Å². The first-order valence-electron chi connectivity index (χ1n) is 6.24. The number of benzene rings is 1. The highest BCUT2D eigenvalue weighted by Gasteiger charge is 2.04. The third kappa shape index (κ3) is 3.64. The second kappa shape index (κ2) is 5.65. The van der Waals surface area contributed by atoms with Gasteiger partial charge in [0.05, 0.1) is 0 Å². The van der Waals surface area contributed by atoms with Crippen LogP contribution in [0.5, 0.6) is 0 Å². The van der Waals surface area contributed by atoms with Crippen LogP contribution in [0.15, 0.2) is 24.3 Å². The van der Waals surface area contributed by atoms with E-state index >= 15 is 0 Å². The lowest BCUT2D eigenvalue weighted by Crippen LogP contribution is -2.03. The molecule has 0 aliphatic heterocycles. The molecule has 100 valence electrons. The van der Waals surface area contributed by atoms with Crippen molar-refractivity contribution >= 4 is 17.3 Å². The van der Waals surface area contributed by atoms with Crippen LogP contribution in [-0.4, -0.2) is 9.97 Å². The van der Waals surface area contributed by atoms with Gasteiger partial charge >= 0.3 is 0 Å². The van der Waals surface area contributed by atoms with Crippen LogP contribution in [0, 0.1) is 12.7 Å². The zero-order valence-electron chi connectivity index (χ0n) is 11.1. The maximum Gasteiger partial charge on any atom is 0.136 e. The number of anilines is 3. The predicted molar refractivity (Wildman–Crippen MR) is 74.9 cm³/mol. The molecule has 0 aliphatic rings. The minimum atomic E-state index is -0.279. The van der Waals surface area contributed by atoms with Gasteiger partial charge in [-0.05, 0) is 37.1 Å². The summed E-state index contributed by atoms with van der Waals surface area (Å²) in [6, 6.07) is 6.38. The molecular weight excluding hydrogens is 243 g/mol. The van der Waals surface area contributed by atoms with Gasteiger partial charge in [0.1, 0.15) is 23.3 Å². The Balaban J connectivity index is 2.27. The minimum Gasteiger partial charge on any atom is -0.384 e. The fourth-order valence-electron chi connectivity index (χ4n) is 1.87. The number of aromatic nitrogens is 2. The lowest BCUT2D eigenvalue weighted by Gasteiger charge is -2.09. The van der Waals surface area contributed by atoms with E-state index in [0.29, 0.717) is 23.1 Å². The summed E-state index contributed by atoms with van der Waals surface area (Å²) in [6.45, 7) is 3.89. The lowest BCUT2D eigenvalue weighted by atomic mass is 10.2. The molecule has 0 saturated heterocycles.